The summed E-state index contributed by atoms with van der Waals surface area (Å²) in [4.78, 5) is 31.2. The van der Waals surface area contributed by atoms with Gasteiger partial charge in [0.25, 0.3) is 5.91 Å². The van der Waals surface area contributed by atoms with Crippen LogP contribution in [0.4, 0.5) is 13.6 Å². The van der Waals surface area contributed by atoms with Crippen LogP contribution in [0.3, 0.4) is 0 Å². The van der Waals surface area contributed by atoms with E-state index >= 15 is 0 Å². The van der Waals surface area contributed by atoms with Crippen LogP contribution in [-0.4, -0.2) is 98.0 Å². The molecular formula is C24H26Cl2F2N4O4S. The third-order valence-electron chi connectivity index (χ3n) is 6.84. The first-order valence-electron chi connectivity index (χ1n) is 11.5. The molecule has 0 bridgehead atoms. The number of urea groups is 1. The van der Waals surface area contributed by atoms with E-state index in [4.69, 9.17) is 23.2 Å². The van der Waals surface area contributed by atoms with Crippen LogP contribution in [0.2, 0.25) is 10.0 Å². The van der Waals surface area contributed by atoms with Gasteiger partial charge >= 0.3 is 6.03 Å². The quantitative estimate of drug-likeness (QED) is 0.559. The van der Waals surface area contributed by atoms with Crippen molar-refractivity contribution >= 4 is 45.2 Å². The molecule has 2 aliphatic rings. The van der Waals surface area contributed by atoms with Gasteiger partial charge in [-0.2, -0.15) is 4.31 Å². The number of piperazine rings is 1. The maximum Gasteiger partial charge on any atom is 0.320 e. The number of halogens is 4. The van der Waals surface area contributed by atoms with Crippen molar-refractivity contribution in [1.82, 2.24) is 19.0 Å². The van der Waals surface area contributed by atoms with E-state index in [2.05, 4.69) is 0 Å². The highest BCUT2D eigenvalue weighted by Gasteiger charge is 2.42. The summed E-state index contributed by atoms with van der Waals surface area (Å²) in [5, 5.41) is 0.678. The first-order valence-corrected chi connectivity index (χ1v) is 14.1. The van der Waals surface area contributed by atoms with Gasteiger partial charge in [-0.1, -0.05) is 29.3 Å². The second kappa shape index (κ2) is 10.7. The van der Waals surface area contributed by atoms with E-state index in [9.17, 15) is 26.8 Å². The number of carbonyl (C=O) groups is 2. The molecule has 2 aromatic rings. The van der Waals surface area contributed by atoms with Crippen molar-refractivity contribution < 1.29 is 26.8 Å². The number of amides is 3. The predicted molar refractivity (Wildman–Crippen MR) is 136 cm³/mol. The molecule has 0 aromatic heterocycles. The minimum Gasteiger partial charge on any atom is -0.336 e. The summed E-state index contributed by atoms with van der Waals surface area (Å²) in [7, 11) is -1.82. The Labute approximate surface area is 224 Å². The predicted octanol–water partition coefficient (Wildman–Crippen LogP) is 3.51. The second-order valence-corrected chi connectivity index (χ2v) is 12.1. The molecule has 0 unspecified atom stereocenters. The Balaban J connectivity index is 1.58. The zero-order valence-corrected chi connectivity index (χ0v) is 22.5. The summed E-state index contributed by atoms with van der Waals surface area (Å²) >= 11 is 12.3. The Hall–Kier alpha value is -2.47. The van der Waals surface area contributed by atoms with E-state index in [0.717, 1.165) is 24.0 Å². The minimum absolute atomic E-state index is 0.144. The largest absolute Gasteiger partial charge is 0.336 e. The summed E-state index contributed by atoms with van der Waals surface area (Å²) < 4.78 is 52.5. The summed E-state index contributed by atoms with van der Waals surface area (Å²) in [6, 6.07) is 6.90. The molecule has 3 amide bonds. The lowest BCUT2D eigenvalue weighted by Crippen LogP contribution is -2.53. The highest BCUT2D eigenvalue weighted by atomic mass is 35.5. The first-order chi connectivity index (χ1) is 17.3. The molecule has 200 valence electrons. The van der Waals surface area contributed by atoms with Crippen LogP contribution < -0.4 is 0 Å². The lowest BCUT2D eigenvalue weighted by atomic mass is 9.93. The van der Waals surface area contributed by atoms with Crippen molar-refractivity contribution in [3.8, 4) is 0 Å². The van der Waals surface area contributed by atoms with E-state index < -0.39 is 33.6 Å². The lowest BCUT2D eigenvalue weighted by Gasteiger charge is -2.35. The Morgan fingerprint density at radius 3 is 2.11 bits per heavy atom. The van der Waals surface area contributed by atoms with Crippen LogP contribution in [0.15, 0.2) is 36.4 Å². The topological polar surface area (TPSA) is 81.2 Å². The van der Waals surface area contributed by atoms with Gasteiger partial charge in [-0.05, 0) is 29.8 Å². The maximum absolute atomic E-state index is 13.8. The van der Waals surface area contributed by atoms with Crippen LogP contribution in [-0.2, 0) is 10.0 Å². The standard InChI is InChI=1S/C24H26Cl2F2N4O4S/c1-29(23(33)16-9-17(27)12-18(28)10-16)22-14-31(13-19(22)15-3-4-20(25)21(26)11-15)24(34)30-5-7-32(8-6-30)37(2,35)36/h3-4,9-12,19,22H,5-8,13-14H2,1-2H3/t19-,22+/m0/s1. The number of hydrogen-bond donors (Lipinski definition) is 0. The molecule has 13 heteroatoms. The van der Waals surface area contributed by atoms with Crippen molar-refractivity contribution in [3.05, 3.63) is 69.2 Å². The van der Waals surface area contributed by atoms with Crippen molar-refractivity contribution in [2.45, 2.75) is 12.0 Å². The molecule has 0 N–H and O–H groups in total. The average Bonchev–Trinajstić information content (AvgIpc) is 3.28. The SMILES string of the molecule is CN(C(=O)c1cc(F)cc(F)c1)[C@@H]1CN(C(=O)N2CCN(S(C)(=O)=O)CC2)C[C@H]1c1ccc(Cl)c(Cl)c1. The molecule has 0 spiro atoms. The third kappa shape index (κ3) is 6.00. The molecule has 0 saturated carbocycles. The molecule has 0 aliphatic carbocycles. The van der Waals surface area contributed by atoms with E-state index in [1.54, 1.807) is 28.0 Å². The molecule has 2 fully saturated rings. The molecule has 37 heavy (non-hydrogen) atoms. The highest BCUT2D eigenvalue weighted by molar-refractivity contribution is 7.88. The normalized spacial score (nSPS) is 20.8. The fourth-order valence-electron chi connectivity index (χ4n) is 4.85. The Bertz CT molecular complexity index is 1300. The van der Waals surface area contributed by atoms with Crippen LogP contribution in [0, 0.1) is 11.6 Å². The van der Waals surface area contributed by atoms with Crippen molar-refractivity contribution in [1.29, 1.82) is 0 Å². The van der Waals surface area contributed by atoms with Crippen LogP contribution >= 0.6 is 23.2 Å². The number of nitrogens with zero attached hydrogens (tertiary/aromatic N) is 4. The average molecular weight is 575 g/mol. The monoisotopic (exact) mass is 574 g/mol. The fourth-order valence-corrected chi connectivity index (χ4v) is 5.98. The van der Waals surface area contributed by atoms with Gasteiger partial charge in [0.2, 0.25) is 10.0 Å². The summed E-state index contributed by atoms with van der Waals surface area (Å²) in [6.45, 7) is 1.28. The number of sulfonamides is 1. The zero-order valence-electron chi connectivity index (χ0n) is 20.2. The molecule has 0 radical (unpaired) electrons. The van der Waals surface area contributed by atoms with Gasteiger partial charge in [0.1, 0.15) is 11.6 Å². The molecule has 2 aromatic carbocycles. The highest BCUT2D eigenvalue weighted by Crippen LogP contribution is 2.35. The lowest BCUT2D eigenvalue weighted by molar-refractivity contribution is 0.0722. The molecule has 2 heterocycles. The van der Waals surface area contributed by atoms with Gasteiger partial charge in [0.15, 0.2) is 0 Å². The van der Waals surface area contributed by atoms with Gasteiger partial charge in [-0.25, -0.2) is 22.0 Å². The van der Waals surface area contributed by atoms with E-state index in [0.29, 0.717) is 16.1 Å². The minimum atomic E-state index is -3.35. The van der Waals surface area contributed by atoms with Crippen molar-refractivity contribution in [3.63, 3.8) is 0 Å². The van der Waals surface area contributed by atoms with Gasteiger partial charge in [0, 0.05) is 63.9 Å². The number of rotatable bonds is 4. The van der Waals surface area contributed by atoms with Crippen molar-refractivity contribution in [2.24, 2.45) is 0 Å². The van der Waals surface area contributed by atoms with Gasteiger partial charge in [-0.3, -0.25) is 4.79 Å². The number of likely N-dealkylation sites (N-methyl/N-ethyl adjacent to an activating group) is 1. The number of hydrogen-bond acceptors (Lipinski definition) is 4. The molecule has 8 nitrogen and oxygen atoms in total. The Kier molecular flexibility index (Phi) is 7.99. The number of carbonyl (C=O) groups excluding carboxylic acids is 2. The Morgan fingerprint density at radius 2 is 1.54 bits per heavy atom. The van der Waals surface area contributed by atoms with E-state index in [1.807, 2.05) is 0 Å². The molecular weight excluding hydrogens is 549 g/mol. The molecule has 4 rings (SSSR count). The number of likely N-dealkylation sites (tertiary alicyclic amines) is 1. The molecule has 2 saturated heterocycles. The Morgan fingerprint density at radius 1 is 0.919 bits per heavy atom. The first kappa shape index (κ1) is 27.6. The van der Waals surface area contributed by atoms with Gasteiger partial charge in [-0.15, -0.1) is 0 Å². The zero-order chi connectivity index (χ0) is 27.1. The molecule has 2 atom stereocenters. The molecule has 2 aliphatic heterocycles. The van der Waals surface area contributed by atoms with Gasteiger partial charge < -0.3 is 14.7 Å². The summed E-state index contributed by atoms with van der Waals surface area (Å²) in [5.41, 5.74) is 0.608. The van der Waals surface area contributed by atoms with Crippen LogP contribution in [0.5, 0.6) is 0 Å². The van der Waals surface area contributed by atoms with Crippen LogP contribution in [0.25, 0.3) is 0 Å². The van der Waals surface area contributed by atoms with Crippen LogP contribution in [0.1, 0.15) is 21.8 Å². The summed E-state index contributed by atoms with van der Waals surface area (Å²) in [6.07, 6.45) is 1.13. The van der Waals surface area contributed by atoms with E-state index in [1.165, 1.54) is 16.3 Å². The van der Waals surface area contributed by atoms with E-state index in [-0.39, 0.29) is 56.8 Å². The summed E-state index contributed by atoms with van der Waals surface area (Å²) in [5.74, 6) is -2.68. The second-order valence-electron chi connectivity index (χ2n) is 9.26. The van der Waals surface area contributed by atoms with Gasteiger partial charge in [0.05, 0.1) is 22.3 Å². The smallest absolute Gasteiger partial charge is 0.320 e. The maximum atomic E-state index is 13.8. The van der Waals surface area contributed by atoms with Crippen molar-refractivity contribution in [2.75, 3.05) is 52.6 Å². The number of benzene rings is 2. The third-order valence-corrected chi connectivity index (χ3v) is 8.88. The fraction of sp³-hybridized carbons (Fsp3) is 0.417.